The Hall–Kier alpha value is -4.40. The quantitative estimate of drug-likeness (QED) is 0.147. The molecule has 10 heteroatoms. The van der Waals surface area contributed by atoms with Gasteiger partial charge in [0.1, 0.15) is 17.7 Å². The number of aliphatic hydroxyl groups is 1. The zero-order valence-electron chi connectivity index (χ0n) is 21.6. The van der Waals surface area contributed by atoms with Gasteiger partial charge in [-0.15, -0.1) is 0 Å². The molecule has 9 nitrogen and oxygen atoms in total. The molecule has 4 rings (SSSR count). The number of aliphatic imine (C=N–C) groups is 1. The number of azide groups is 1. The molecule has 1 aliphatic rings. The van der Waals surface area contributed by atoms with E-state index < -0.39 is 11.6 Å². The van der Waals surface area contributed by atoms with Crippen LogP contribution in [0.3, 0.4) is 0 Å². The van der Waals surface area contributed by atoms with Gasteiger partial charge in [0.15, 0.2) is 5.54 Å². The number of carbonyl (C=O) groups is 1. The fraction of sp³-hybridized carbons (Fsp3) is 0.310. The summed E-state index contributed by atoms with van der Waals surface area (Å²) in [5, 5.41) is 15.6. The highest BCUT2D eigenvalue weighted by Crippen LogP contribution is 2.35. The van der Waals surface area contributed by atoms with Crippen molar-refractivity contribution in [1.82, 2.24) is 5.32 Å². The Kier molecular flexibility index (Phi) is 9.14. The molecule has 0 saturated heterocycles. The first-order chi connectivity index (χ1) is 19.0. The molecule has 0 fully saturated rings. The number of hydrogen-bond acceptors (Lipinski definition) is 6. The highest BCUT2D eigenvalue weighted by molar-refractivity contribution is 6.01. The molecule has 0 radical (unpaired) electrons. The minimum absolute atomic E-state index is 0.0495. The van der Waals surface area contributed by atoms with Crippen molar-refractivity contribution in [1.29, 1.82) is 0 Å². The van der Waals surface area contributed by atoms with Gasteiger partial charge >= 0.3 is 0 Å². The summed E-state index contributed by atoms with van der Waals surface area (Å²) >= 11 is 0. The van der Waals surface area contributed by atoms with Gasteiger partial charge < -0.3 is 19.9 Å². The second-order valence-corrected chi connectivity index (χ2v) is 9.14. The second kappa shape index (κ2) is 12.9. The van der Waals surface area contributed by atoms with Crippen molar-refractivity contribution in [2.24, 2.45) is 10.1 Å². The topological polar surface area (TPSA) is 129 Å². The van der Waals surface area contributed by atoms with E-state index in [1.807, 2.05) is 0 Å². The normalized spacial score (nSPS) is 18.0. The minimum Gasteiger partial charge on any atom is -0.494 e. The van der Waals surface area contributed by atoms with Gasteiger partial charge in [0, 0.05) is 42.2 Å². The van der Waals surface area contributed by atoms with E-state index in [4.69, 9.17) is 25.1 Å². The Balaban J connectivity index is 1.62. The molecule has 2 atom stereocenters. The van der Waals surface area contributed by atoms with Crippen LogP contribution in [0.25, 0.3) is 10.4 Å². The summed E-state index contributed by atoms with van der Waals surface area (Å²) in [6.45, 7) is 2.42. The third-order valence-corrected chi connectivity index (χ3v) is 6.57. The van der Waals surface area contributed by atoms with Gasteiger partial charge in [0.25, 0.3) is 5.91 Å². The average molecular weight is 532 g/mol. The van der Waals surface area contributed by atoms with E-state index in [2.05, 4.69) is 15.3 Å². The molecule has 0 unspecified atom stereocenters. The third kappa shape index (κ3) is 6.54. The van der Waals surface area contributed by atoms with Crippen molar-refractivity contribution < 1.29 is 23.8 Å². The highest BCUT2D eigenvalue weighted by atomic mass is 19.1. The molecule has 1 amide bonds. The molecule has 0 aromatic heterocycles. The van der Waals surface area contributed by atoms with Gasteiger partial charge in [-0.3, -0.25) is 4.79 Å². The van der Waals surface area contributed by atoms with E-state index in [9.17, 15) is 9.18 Å². The Bertz CT molecular complexity index is 1370. The molecule has 2 N–H and O–H groups in total. The molecule has 0 saturated carbocycles. The van der Waals surface area contributed by atoms with Crippen molar-refractivity contribution >= 4 is 17.5 Å². The highest BCUT2D eigenvalue weighted by Gasteiger charge is 2.50. The summed E-state index contributed by atoms with van der Waals surface area (Å²) in [4.78, 5) is 21.5. The van der Waals surface area contributed by atoms with Crippen LogP contribution in [0.2, 0.25) is 0 Å². The van der Waals surface area contributed by atoms with E-state index in [1.165, 1.54) is 6.07 Å². The number of carbonyl (C=O) groups excluding carboxylic acids is 1. The Morgan fingerprint density at radius 1 is 1.15 bits per heavy atom. The lowest BCUT2D eigenvalue weighted by Crippen LogP contribution is -2.52. The van der Waals surface area contributed by atoms with Crippen LogP contribution in [0, 0.1) is 5.82 Å². The fourth-order valence-electron chi connectivity index (χ4n) is 4.40. The van der Waals surface area contributed by atoms with Gasteiger partial charge in [-0.05, 0) is 60.3 Å². The van der Waals surface area contributed by atoms with E-state index in [-0.39, 0.29) is 31.3 Å². The van der Waals surface area contributed by atoms with Gasteiger partial charge in [-0.2, -0.15) is 0 Å². The summed E-state index contributed by atoms with van der Waals surface area (Å²) < 4.78 is 25.8. The molecule has 0 spiro atoms. The summed E-state index contributed by atoms with van der Waals surface area (Å²) in [6, 6.07) is 20.6. The van der Waals surface area contributed by atoms with Crippen molar-refractivity contribution in [3.05, 3.63) is 106 Å². The Morgan fingerprint density at radius 2 is 1.87 bits per heavy atom. The lowest BCUT2D eigenvalue weighted by molar-refractivity contribution is -0.128. The van der Waals surface area contributed by atoms with E-state index in [0.717, 1.165) is 0 Å². The maximum absolute atomic E-state index is 14.1. The van der Waals surface area contributed by atoms with Gasteiger partial charge in [0.2, 0.25) is 5.90 Å². The summed E-state index contributed by atoms with van der Waals surface area (Å²) in [5.41, 5.74) is 9.89. The smallest absolute Gasteiger partial charge is 0.252 e. The van der Waals surface area contributed by atoms with Crippen molar-refractivity contribution in [3.8, 4) is 5.75 Å². The van der Waals surface area contributed by atoms with Crippen molar-refractivity contribution in [3.63, 3.8) is 0 Å². The predicted molar refractivity (Wildman–Crippen MR) is 146 cm³/mol. The SMILES string of the molecule is C[C@H]1OC(c2ccc(OCCCO)cc2)=N[C@@]1(Cc1ccccc1N=[N+]=[N-])C(=O)NCCc1ccccc1F. The van der Waals surface area contributed by atoms with Gasteiger partial charge in [-0.25, -0.2) is 9.38 Å². The molecular formula is C29H30FN5O4. The van der Waals surface area contributed by atoms with Crippen LogP contribution in [0.1, 0.15) is 30.0 Å². The van der Waals surface area contributed by atoms with E-state index in [0.29, 0.717) is 53.5 Å². The first kappa shape index (κ1) is 27.6. The van der Waals surface area contributed by atoms with Crippen LogP contribution >= 0.6 is 0 Å². The number of hydrogen-bond donors (Lipinski definition) is 2. The van der Waals surface area contributed by atoms with Gasteiger partial charge in [-0.1, -0.05) is 47.6 Å². The summed E-state index contributed by atoms with van der Waals surface area (Å²) in [6.07, 6.45) is 0.315. The van der Waals surface area contributed by atoms with E-state index >= 15 is 0 Å². The molecule has 39 heavy (non-hydrogen) atoms. The van der Waals surface area contributed by atoms with Crippen LogP contribution in [0.5, 0.6) is 5.75 Å². The van der Waals surface area contributed by atoms with Crippen LogP contribution in [-0.2, 0) is 22.4 Å². The number of nitrogens with zero attached hydrogens (tertiary/aromatic N) is 4. The average Bonchev–Trinajstić information content (AvgIpc) is 3.28. The zero-order chi connectivity index (χ0) is 27.7. The second-order valence-electron chi connectivity index (χ2n) is 9.14. The molecule has 0 bridgehead atoms. The lowest BCUT2D eigenvalue weighted by Gasteiger charge is -2.28. The third-order valence-electron chi connectivity index (χ3n) is 6.57. The van der Waals surface area contributed by atoms with Gasteiger partial charge in [0.05, 0.1) is 6.61 Å². The summed E-state index contributed by atoms with van der Waals surface area (Å²) in [5.74, 6) is 0.238. The summed E-state index contributed by atoms with van der Waals surface area (Å²) in [7, 11) is 0. The van der Waals surface area contributed by atoms with Crippen LogP contribution < -0.4 is 10.1 Å². The van der Waals surface area contributed by atoms with Crippen molar-refractivity contribution in [2.45, 2.75) is 37.8 Å². The number of amides is 1. The predicted octanol–water partition coefficient (Wildman–Crippen LogP) is 5.03. The van der Waals surface area contributed by atoms with Crippen molar-refractivity contribution in [2.75, 3.05) is 19.8 Å². The standard InChI is InChI=1S/C29H30FN5O4/c1-20-29(19-23-8-3-5-10-26(23)34-35-31,28(37)32-16-15-21-7-2-4-9-25(21)30)33-27(39-20)22-11-13-24(14-12-22)38-18-6-17-36/h2-5,7-14,20,36H,6,15-19H2,1H3,(H,32,37)/t20-,29-/m1/s1. The Labute approximate surface area is 225 Å². The molecule has 1 heterocycles. The number of benzene rings is 3. The number of nitrogens with one attached hydrogen (secondary N) is 1. The zero-order valence-corrected chi connectivity index (χ0v) is 21.6. The Morgan fingerprint density at radius 3 is 2.59 bits per heavy atom. The fourth-order valence-corrected chi connectivity index (χ4v) is 4.40. The molecular weight excluding hydrogens is 501 g/mol. The maximum atomic E-state index is 14.1. The van der Waals surface area contributed by atoms with E-state index in [1.54, 1.807) is 73.7 Å². The monoisotopic (exact) mass is 531 g/mol. The number of rotatable bonds is 12. The molecule has 202 valence electrons. The number of halogens is 1. The lowest BCUT2D eigenvalue weighted by atomic mass is 9.85. The number of ether oxygens (including phenoxy) is 2. The number of aliphatic hydroxyl groups excluding tert-OH is 1. The minimum atomic E-state index is -1.36. The first-order valence-electron chi connectivity index (χ1n) is 12.7. The van der Waals surface area contributed by atoms with Crippen LogP contribution in [0.15, 0.2) is 82.9 Å². The maximum Gasteiger partial charge on any atom is 0.252 e. The first-order valence-corrected chi connectivity index (χ1v) is 12.7. The molecule has 1 aliphatic heterocycles. The largest absolute Gasteiger partial charge is 0.494 e. The molecule has 0 aliphatic carbocycles. The molecule has 3 aromatic rings. The molecule has 3 aromatic carbocycles. The van der Waals surface area contributed by atoms with Crippen LogP contribution in [-0.4, -0.2) is 48.3 Å². The van der Waals surface area contributed by atoms with Crippen LogP contribution in [0.4, 0.5) is 10.1 Å².